The number of halogens is 1. The fourth-order valence-electron chi connectivity index (χ4n) is 1.69. The minimum absolute atomic E-state index is 0.00882. The van der Waals surface area contributed by atoms with E-state index in [0.717, 1.165) is 23.0 Å². The van der Waals surface area contributed by atoms with Crippen LogP contribution in [0.1, 0.15) is 18.9 Å². The van der Waals surface area contributed by atoms with E-state index in [4.69, 9.17) is 16.0 Å². The highest BCUT2D eigenvalue weighted by Gasteiger charge is 2.10. The quantitative estimate of drug-likeness (QED) is 0.907. The van der Waals surface area contributed by atoms with Crippen molar-refractivity contribution in [2.45, 2.75) is 19.8 Å². The number of hydrogen-bond acceptors (Lipinski definition) is 2. The molecule has 90 valence electrons. The van der Waals surface area contributed by atoms with Crippen LogP contribution >= 0.6 is 11.6 Å². The second-order valence-electron chi connectivity index (χ2n) is 3.93. The van der Waals surface area contributed by atoms with Crippen molar-refractivity contribution in [1.29, 1.82) is 0 Å². The molecule has 1 heterocycles. The number of carbonyl (C=O) groups is 1. The van der Waals surface area contributed by atoms with E-state index < -0.39 is 0 Å². The SMILES string of the molecule is CCCNC(=O)Cc1coc2ccc(Cl)cc12. The van der Waals surface area contributed by atoms with Gasteiger partial charge in [-0.1, -0.05) is 18.5 Å². The molecule has 1 aromatic carbocycles. The van der Waals surface area contributed by atoms with Crippen molar-refractivity contribution in [2.75, 3.05) is 6.54 Å². The fraction of sp³-hybridized carbons (Fsp3) is 0.308. The van der Waals surface area contributed by atoms with Gasteiger partial charge in [-0.15, -0.1) is 0 Å². The lowest BCUT2D eigenvalue weighted by molar-refractivity contribution is -0.120. The van der Waals surface area contributed by atoms with Gasteiger partial charge >= 0.3 is 0 Å². The average Bonchev–Trinajstić information content (AvgIpc) is 2.69. The average molecular weight is 252 g/mol. The number of rotatable bonds is 4. The minimum Gasteiger partial charge on any atom is -0.464 e. The first-order chi connectivity index (χ1) is 8.20. The minimum atomic E-state index is 0.00882. The van der Waals surface area contributed by atoms with Crippen molar-refractivity contribution >= 4 is 28.5 Å². The van der Waals surface area contributed by atoms with Crippen LogP contribution in [0.5, 0.6) is 0 Å². The lowest BCUT2D eigenvalue weighted by Gasteiger charge is -2.01. The van der Waals surface area contributed by atoms with Crippen molar-refractivity contribution in [3.63, 3.8) is 0 Å². The van der Waals surface area contributed by atoms with Crippen molar-refractivity contribution in [3.05, 3.63) is 35.0 Å². The molecule has 1 N–H and O–H groups in total. The zero-order chi connectivity index (χ0) is 12.3. The Hall–Kier alpha value is -1.48. The smallest absolute Gasteiger partial charge is 0.224 e. The molecule has 0 unspecified atom stereocenters. The molecule has 0 saturated carbocycles. The van der Waals surface area contributed by atoms with Crippen LogP contribution in [0.15, 0.2) is 28.9 Å². The summed E-state index contributed by atoms with van der Waals surface area (Å²) in [5.41, 5.74) is 1.63. The van der Waals surface area contributed by atoms with Crippen LogP contribution in [-0.2, 0) is 11.2 Å². The Morgan fingerprint density at radius 2 is 2.29 bits per heavy atom. The van der Waals surface area contributed by atoms with Gasteiger partial charge in [-0.3, -0.25) is 4.79 Å². The molecule has 17 heavy (non-hydrogen) atoms. The Kier molecular flexibility index (Phi) is 3.69. The predicted octanol–water partition coefficient (Wildman–Crippen LogP) is 3.15. The van der Waals surface area contributed by atoms with Gasteiger partial charge in [-0.25, -0.2) is 0 Å². The Balaban J connectivity index is 2.18. The van der Waals surface area contributed by atoms with Crippen molar-refractivity contribution < 1.29 is 9.21 Å². The molecule has 0 atom stereocenters. The van der Waals surface area contributed by atoms with Crippen LogP contribution in [-0.4, -0.2) is 12.5 Å². The third kappa shape index (κ3) is 2.80. The summed E-state index contributed by atoms with van der Waals surface area (Å²) in [4.78, 5) is 11.6. The van der Waals surface area contributed by atoms with Crippen molar-refractivity contribution in [3.8, 4) is 0 Å². The number of benzene rings is 1. The summed E-state index contributed by atoms with van der Waals surface area (Å²) in [7, 11) is 0. The van der Waals surface area contributed by atoms with Crippen LogP contribution in [0.4, 0.5) is 0 Å². The molecule has 0 aliphatic carbocycles. The summed E-state index contributed by atoms with van der Waals surface area (Å²) >= 11 is 5.93. The van der Waals surface area contributed by atoms with Gasteiger partial charge in [0.05, 0.1) is 12.7 Å². The summed E-state index contributed by atoms with van der Waals surface area (Å²) in [6.45, 7) is 2.72. The molecular formula is C13H14ClNO2. The molecule has 1 aromatic heterocycles. The van der Waals surface area contributed by atoms with Crippen LogP contribution in [0.25, 0.3) is 11.0 Å². The van der Waals surface area contributed by atoms with Gasteiger partial charge in [0.15, 0.2) is 0 Å². The Bertz CT molecular complexity index is 533. The van der Waals surface area contributed by atoms with E-state index in [0.29, 0.717) is 18.0 Å². The second-order valence-corrected chi connectivity index (χ2v) is 4.36. The van der Waals surface area contributed by atoms with E-state index >= 15 is 0 Å². The highest BCUT2D eigenvalue weighted by atomic mass is 35.5. The molecule has 2 aromatic rings. The number of hydrogen-bond donors (Lipinski definition) is 1. The Labute approximate surface area is 105 Å². The summed E-state index contributed by atoms with van der Waals surface area (Å²) < 4.78 is 5.37. The monoisotopic (exact) mass is 251 g/mol. The first-order valence-corrected chi connectivity index (χ1v) is 6.01. The lowest BCUT2D eigenvalue weighted by atomic mass is 10.1. The summed E-state index contributed by atoms with van der Waals surface area (Å²) in [6.07, 6.45) is 2.88. The molecule has 0 saturated heterocycles. The molecule has 1 amide bonds. The van der Waals surface area contributed by atoms with Gasteiger partial charge in [0, 0.05) is 22.5 Å². The molecule has 0 aliphatic heterocycles. The largest absolute Gasteiger partial charge is 0.464 e. The maximum Gasteiger partial charge on any atom is 0.224 e. The van der Waals surface area contributed by atoms with Crippen LogP contribution in [0, 0.1) is 0 Å². The maximum atomic E-state index is 11.6. The molecule has 2 rings (SSSR count). The first-order valence-electron chi connectivity index (χ1n) is 5.63. The van der Waals surface area contributed by atoms with E-state index in [1.807, 2.05) is 19.1 Å². The van der Waals surface area contributed by atoms with Gasteiger partial charge in [0.25, 0.3) is 0 Å². The van der Waals surface area contributed by atoms with E-state index in [1.165, 1.54) is 0 Å². The Morgan fingerprint density at radius 1 is 1.47 bits per heavy atom. The number of carbonyl (C=O) groups excluding carboxylic acids is 1. The third-order valence-electron chi connectivity index (χ3n) is 2.54. The van der Waals surface area contributed by atoms with E-state index in [9.17, 15) is 4.79 Å². The van der Waals surface area contributed by atoms with Gasteiger partial charge in [-0.05, 0) is 24.6 Å². The van der Waals surface area contributed by atoms with Gasteiger partial charge < -0.3 is 9.73 Å². The van der Waals surface area contributed by atoms with Gasteiger partial charge in [0.2, 0.25) is 5.91 Å². The zero-order valence-electron chi connectivity index (χ0n) is 9.63. The highest BCUT2D eigenvalue weighted by molar-refractivity contribution is 6.31. The van der Waals surface area contributed by atoms with Crippen LogP contribution < -0.4 is 5.32 Å². The van der Waals surface area contributed by atoms with Gasteiger partial charge in [0.1, 0.15) is 5.58 Å². The molecule has 0 aliphatic rings. The number of nitrogens with one attached hydrogen (secondary N) is 1. The predicted molar refractivity (Wildman–Crippen MR) is 68.2 cm³/mol. The maximum absolute atomic E-state index is 11.6. The topological polar surface area (TPSA) is 42.2 Å². The van der Waals surface area contributed by atoms with Crippen molar-refractivity contribution in [1.82, 2.24) is 5.32 Å². The fourth-order valence-corrected chi connectivity index (χ4v) is 1.86. The Morgan fingerprint density at radius 3 is 3.06 bits per heavy atom. The van der Waals surface area contributed by atoms with Crippen molar-refractivity contribution in [2.24, 2.45) is 0 Å². The standard InChI is InChI=1S/C13H14ClNO2/c1-2-5-15-13(16)6-9-8-17-12-4-3-10(14)7-11(9)12/h3-4,7-8H,2,5-6H2,1H3,(H,15,16). The van der Waals surface area contributed by atoms with Crippen LogP contribution in [0.3, 0.4) is 0 Å². The molecule has 0 bridgehead atoms. The molecule has 0 radical (unpaired) electrons. The molecule has 4 heteroatoms. The van der Waals surface area contributed by atoms with E-state index in [2.05, 4.69) is 5.32 Å². The molecular weight excluding hydrogens is 238 g/mol. The van der Waals surface area contributed by atoms with E-state index in [1.54, 1.807) is 12.3 Å². The molecule has 3 nitrogen and oxygen atoms in total. The molecule has 0 spiro atoms. The highest BCUT2D eigenvalue weighted by Crippen LogP contribution is 2.24. The van der Waals surface area contributed by atoms with Gasteiger partial charge in [-0.2, -0.15) is 0 Å². The summed E-state index contributed by atoms with van der Waals surface area (Å²) in [5.74, 6) is 0.00882. The van der Waals surface area contributed by atoms with E-state index in [-0.39, 0.29) is 5.91 Å². The number of fused-ring (bicyclic) bond motifs is 1. The lowest BCUT2D eigenvalue weighted by Crippen LogP contribution is -2.25. The third-order valence-corrected chi connectivity index (χ3v) is 2.77. The summed E-state index contributed by atoms with van der Waals surface area (Å²) in [5, 5.41) is 4.39. The normalized spacial score (nSPS) is 10.7. The second kappa shape index (κ2) is 5.23. The number of furan rings is 1. The van der Waals surface area contributed by atoms with Crippen LogP contribution in [0.2, 0.25) is 5.02 Å². The molecule has 0 fully saturated rings. The number of amides is 1. The first kappa shape index (κ1) is 12.0. The summed E-state index contributed by atoms with van der Waals surface area (Å²) in [6, 6.07) is 5.41. The zero-order valence-corrected chi connectivity index (χ0v) is 10.4.